The van der Waals surface area contributed by atoms with Gasteiger partial charge in [0.2, 0.25) is 12.7 Å². The van der Waals surface area contributed by atoms with Crippen LogP contribution in [0.3, 0.4) is 0 Å². The maximum absolute atomic E-state index is 12.7. The summed E-state index contributed by atoms with van der Waals surface area (Å²) >= 11 is 0. The van der Waals surface area contributed by atoms with E-state index in [1.807, 2.05) is 23.1 Å². The predicted molar refractivity (Wildman–Crippen MR) is 103 cm³/mol. The minimum absolute atomic E-state index is 0.0447. The fraction of sp³-hybridized carbons (Fsp3) is 0.619. The van der Waals surface area contributed by atoms with Gasteiger partial charge < -0.3 is 24.4 Å². The van der Waals surface area contributed by atoms with Crippen molar-refractivity contribution in [2.75, 3.05) is 46.1 Å². The van der Waals surface area contributed by atoms with Crippen molar-refractivity contribution < 1.29 is 23.8 Å². The molecule has 1 atom stereocenters. The first-order valence-electron chi connectivity index (χ1n) is 10.4. The molecule has 1 amide bonds. The quantitative estimate of drug-likeness (QED) is 0.746. The highest BCUT2D eigenvalue weighted by molar-refractivity contribution is 5.80. The van der Waals surface area contributed by atoms with Gasteiger partial charge in [0.25, 0.3) is 0 Å². The minimum atomic E-state index is -0.304. The summed E-state index contributed by atoms with van der Waals surface area (Å²) in [4.78, 5) is 29.1. The first kappa shape index (κ1) is 18.7. The molecule has 0 saturated carbocycles. The molecule has 1 aromatic rings. The SMILES string of the molecule is O=C1CN(CC2CC3(CCNCC3)C(=O)O2)CCN1Cc1ccc2c(c1)OCO2. The van der Waals surface area contributed by atoms with Crippen LogP contribution in [-0.2, 0) is 20.9 Å². The monoisotopic (exact) mass is 401 g/mol. The number of carbonyl (C=O) groups excluding carboxylic acids is 2. The molecule has 29 heavy (non-hydrogen) atoms. The zero-order valence-electron chi connectivity index (χ0n) is 16.5. The largest absolute Gasteiger partial charge is 0.461 e. The summed E-state index contributed by atoms with van der Waals surface area (Å²) in [5.74, 6) is 1.55. The molecule has 8 nitrogen and oxygen atoms in total. The molecular formula is C21H27N3O5. The van der Waals surface area contributed by atoms with Gasteiger partial charge in [0, 0.05) is 32.6 Å². The Morgan fingerprint density at radius 3 is 2.76 bits per heavy atom. The van der Waals surface area contributed by atoms with Crippen molar-refractivity contribution >= 4 is 11.9 Å². The van der Waals surface area contributed by atoms with Crippen molar-refractivity contribution in [2.45, 2.75) is 31.9 Å². The van der Waals surface area contributed by atoms with E-state index in [1.54, 1.807) is 0 Å². The Bertz CT molecular complexity index is 808. The van der Waals surface area contributed by atoms with Gasteiger partial charge in [-0.25, -0.2) is 0 Å². The molecule has 5 rings (SSSR count). The molecule has 1 spiro atoms. The highest BCUT2D eigenvalue weighted by Gasteiger charge is 2.49. The summed E-state index contributed by atoms with van der Waals surface area (Å²) in [7, 11) is 0. The van der Waals surface area contributed by atoms with Crippen molar-refractivity contribution in [2.24, 2.45) is 5.41 Å². The highest BCUT2D eigenvalue weighted by atomic mass is 16.7. The molecule has 4 aliphatic heterocycles. The number of rotatable bonds is 4. The molecule has 0 bridgehead atoms. The van der Waals surface area contributed by atoms with Crippen LogP contribution in [0.2, 0.25) is 0 Å². The highest BCUT2D eigenvalue weighted by Crippen LogP contribution is 2.41. The summed E-state index contributed by atoms with van der Waals surface area (Å²) in [6, 6.07) is 5.81. The second-order valence-electron chi connectivity index (χ2n) is 8.50. The Morgan fingerprint density at radius 2 is 1.93 bits per heavy atom. The third-order valence-corrected chi connectivity index (χ3v) is 6.56. The number of nitrogens with zero attached hydrogens (tertiary/aromatic N) is 2. The van der Waals surface area contributed by atoms with Crippen LogP contribution < -0.4 is 14.8 Å². The van der Waals surface area contributed by atoms with E-state index in [1.165, 1.54) is 0 Å². The van der Waals surface area contributed by atoms with Crippen LogP contribution in [0.25, 0.3) is 0 Å². The maximum Gasteiger partial charge on any atom is 0.312 e. The number of carbonyl (C=O) groups is 2. The van der Waals surface area contributed by atoms with E-state index < -0.39 is 0 Å². The zero-order valence-corrected chi connectivity index (χ0v) is 16.5. The number of amides is 1. The summed E-state index contributed by atoms with van der Waals surface area (Å²) in [5, 5.41) is 3.31. The number of esters is 1. The lowest BCUT2D eigenvalue weighted by atomic mass is 9.76. The number of cyclic esters (lactones) is 1. The molecule has 8 heteroatoms. The topological polar surface area (TPSA) is 80.3 Å². The van der Waals surface area contributed by atoms with Gasteiger partial charge in [-0.1, -0.05) is 6.07 Å². The van der Waals surface area contributed by atoms with Crippen molar-refractivity contribution in [1.82, 2.24) is 15.1 Å². The molecule has 3 saturated heterocycles. The molecule has 1 N–H and O–H groups in total. The van der Waals surface area contributed by atoms with Crippen molar-refractivity contribution in [3.05, 3.63) is 23.8 Å². The fourth-order valence-corrected chi connectivity index (χ4v) is 4.88. The van der Waals surface area contributed by atoms with E-state index in [4.69, 9.17) is 14.2 Å². The molecule has 0 aromatic heterocycles. The van der Waals surface area contributed by atoms with E-state index in [-0.39, 0.29) is 30.2 Å². The van der Waals surface area contributed by atoms with Crippen molar-refractivity contribution in [1.29, 1.82) is 0 Å². The van der Waals surface area contributed by atoms with Crippen LogP contribution in [0, 0.1) is 5.41 Å². The molecule has 4 heterocycles. The van der Waals surface area contributed by atoms with Gasteiger partial charge in [0.05, 0.1) is 12.0 Å². The van der Waals surface area contributed by atoms with Crippen LogP contribution in [0.5, 0.6) is 11.5 Å². The lowest BCUT2D eigenvalue weighted by molar-refractivity contribution is -0.150. The van der Waals surface area contributed by atoms with Crippen LogP contribution in [0.15, 0.2) is 18.2 Å². The van der Waals surface area contributed by atoms with Crippen LogP contribution in [-0.4, -0.2) is 73.8 Å². The molecule has 0 aliphatic carbocycles. The van der Waals surface area contributed by atoms with E-state index in [0.29, 0.717) is 26.2 Å². The second kappa shape index (κ2) is 7.50. The Hall–Kier alpha value is -2.32. The lowest BCUT2D eigenvalue weighted by Gasteiger charge is -2.35. The van der Waals surface area contributed by atoms with Gasteiger partial charge in [0.1, 0.15) is 6.10 Å². The van der Waals surface area contributed by atoms with E-state index >= 15 is 0 Å². The van der Waals surface area contributed by atoms with Gasteiger partial charge >= 0.3 is 5.97 Å². The fourth-order valence-electron chi connectivity index (χ4n) is 4.88. The van der Waals surface area contributed by atoms with Gasteiger partial charge in [-0.2, -0.15) is 0 Å². The first-order valence-corrected chi connectivity index (χ1v) is 10.4. The third kappa shape index (κ3) is 3.67. The summed E-state index contributed by atoms with van der Waals surface area (Å²) in [6.07, 6.45) is 2.38. The lowest BCUT2D eigenvalue weighted by Crippen LogP contribution is -2.51. The number of hydrogen-bond acceptors (Lipinski definition) is 7. The van der Waals surface area contributed by atoms with Gasteiger partial charge in [-0.15, -0.1) is 0 Å². The number of piperidine rings is 1. The normalized spacial score (nSPS) is 26.2. The molecule has 0 radical (unpaired) electrons. The number of fused-ring (bicyclic) bond motifs is 1. The molecule has 4 aliphatic rings. The van der Waals surface area contributed by atoms with Crippen LogP contribution in [0.4, 0.5) is 0 Å². The number of benzene rings is 1. The van der Waals surface area contributed by atoms with Crippen LogP contribution in [0.1, 0.15) is 24.8 Å². The molecule has 156 valence electrons. The van der Waals surface area contributed by atoms with E-state index in [0.717, 1.165) is 56.0 Å². The maximum atomic E-state index is 12.7. The van der Waals surface area contributed by atoms with E-state index in [9.17, 15) is 9.59 Å². The zero-order chi connectivity index (χ0) is 19.8. The molecule has 3 fully saturated rings. The molecular weight excluding hydrogens is 374 g/mol. The van der Waals surface area contributed by atoms with Crippen LogP contribution >= 0.6 is 0 Å². The van der Waals surface area contributed by atoms with Gasteiger partial charge in [-0.3, -0.25) is 14.5 Å². The average Bonchev–Trinajstić information content (AvgIpc) is 3.29. The standard InChI is InChI=1S/C21H27N3O5/c25-19-13-23(12-16-10-21(20(26)29-16)3-5-22-6-4-21)7-8-24(19)11-15-1-2-17-18(9-15)28-14-27-17/h1-2,9,16,22H,3-8,10-14H2. The molecule has 1 unspecified atom stereocenters. The van der Waals surface area contributed by atoms with Gasteiger partial charge in [0.15, 0.2) is 11.5 Å². The first-order chi connectivity index (χ1) is 14.1. The van der Waals surface area contributed by atoms with Crippen molar-refractivity contribution in [3.63, 3.8) is 0 Å². The summed E-state index contributed by atoms with van der Waals surface area (Å²) in [6.45, 7) is 5.04. The number of ether oxygens (including phenoxy) is 3. The Labute approximate surface area is 170 Å². The Morgan fingerprint density at radius 1 is 1.10 bits per heavy atom. The van der Waals surface area contributed by atoms with Gasteiger partial charge in [-0.05, 0) is 43.6 Å². The Balaban J connectivity index is 1.15. The molecule has 1 aromatic carbocycles. The number of nitrogens with one attached hydrogen (secondary N) is 1. The summed E-state index contributed by atoms with van der Waals surface area (Å²) in [5.41, 5.74) is 0.731. The smallest absolute Gasteiger partial charge is 0.312 e. The summed E-state index contributed by atoms with van der Waals surface area (Å²) < 4.78 is 16.5. The number of hydrogen-bond donors (Lipinski definition) is 1. The average molecular weight is 401 g/mol. The van der Waals surface area contributed by atoms with Crippen molar-refractivity contribution in [3.8, 4) is 11.5 Å². The van der Waals surface area contributed by atoms with E-state index in [2.05, 4.69) is 10.2 Å². The third-order valence-electron chi connectivity index (χ3n) is 6.56. The second-order valence-corrected chi connectivity index (χ2v) is 8.50. The number of piperazine rings is 1. The Kier molecular flexibility index (Phi) is 4.83. The predicted octanol–water partition coefficient (Wildman–Crippen LogP) is 0.745. The minimum Gasteiger partial charge on any atom is -0.461 e.